The van der Waals surface area contributed by atoms with Gasteiger partial charge in [0.1, 0.15) is 24.4 Å². The first-order chi connectivity index (χ1) is 13.0. The van der Waals surface area contributed by atoms with Crippen LogP contribution >= 0.6 is 0 Å². The van der Waals surface area contributed by atoms with Crippen molar-refractivity contribution in [2.24, 2.45) is 0 Å². The number of nitrogens with zero attached hydrogens (tertiary/aromatic N) is 4. The van der Waals surface area contributed by atoms with Crippen LogP contribution in [0.15, 0.2) is 36.5 Å². The maximum absolute atomic E-state index is 10.2. The Balaban J connectivity index is 1.67. The van der Waals surface area contributed by atoms with Crippen molar-refractivity contribution in [1.29, 1.82) is 0 Å². The maximum Gasteiger partial charge on any atom is 0.186 e. The van der Waals surface area contributed by atoms with Gasteiger partial charge >= 0.3 is 0 Å². The van der Waals surface area contributed by atoms with Crippen molar-refractivity contribution in [1.82, 2.24) is 15.0 Å². The highest BCUT2D eigenvalue weighted by atomic mass is 16.7. The average Bonchev–Trinajstić information content (AvgIpc) is 3.15. The number of aromatic nitrogens is 3. The van der Waals surface area contributed by atoms with Crippen molar-refractivity contribution in [2.75, 3.05) is 18.6 Å². The molecule has 1 fully saturated rings. The summed E-state index contributed by atoms with van der Waals surface area (Å²) in [5, 5.41) is 38.3. The fraction of sp³-hybridized carbons (Fsp3) is 0.556. The van der Waals surface area contributed by atoms with Crippen LogP contribution < -0.4 is 4.90 Å². The Kier molecular flexibility index (Phi) is 6.40. The predicted octanol–water partition coefficient (Wildman–Crippen LogP) is -0.241. The summed E-state index contributed by atoms with van der Waals surface area (Å²) in [6.45, 7) is 3.67. The normalized spacial score (nSPS) is 28.3. The Morgan fingerprint density at radius 2 is 1.89 bits per heavy atom. The van der Waals surface area contributed by atoms with Crippen molar-refractivity contribution in [2.45, 2.75) is 50.7 Å². The Hall–Kier alpha value is -2.04. The summed E-state index contributed by atoms with van der Waals surface area (Å²) in [6, 6.07) is 10.1. The number of aliphatic hydroxyl groups excluding tert-OH is 3. The molecule has 148 valence electrons. The van der Waals surface area contributed by atoms with Crippen LogP contribution in [0.2, 0.25) is 0 Å². The molecular formula is C18H26N4O5. The van der Waals surface area contributed by atoms with E-state index in [4.69, 9.17) is 9.47 Å². The molecule has 3 N–H and O–H groups in total. The highest BCUT2D eigenvalue weighted by Crippen LogP contribution is 2.23. The number of aliphatic hydroxyl groups is 3. The van der Waals surface area contributed by atoms with E-state index in [0.29, 0.717) is 12.4 Å². The summed E-state index contributed by atoms with van der Waals surface area (Å²) >= 11 is 0. The van der Waals surface area contributed by atoms with Crippen LogP contribution in [0.4, 0.5) is 5.82 Å². The lowest BCUT2D eigenvalue weighted by Crippen LogP contribution is -2.58. The van der Waals surface area contributed by atoms with Crippen LogP contribution in [0, 0.1) is 0 Å². The smallest absolute Gasteiger partial charge is 0.186 e. The van der Waals surface area contributed by atoms with E-state index in [1.165, 1.54) is 12.7 Å². The number of rotatable bonds is 7. The van der Waals surface area contributed by atoms with Crippen molar-refractivity contribution in [3.63, 3.8) is 0 Å². The van der Waals surface area contributed by atoms with Gasteiger partial charge in [-0.3, -0.25) is 0 Å². The van der Waals surface area contributed by atoms with Crippen LogP contribution in [0.25, 0.3) is 0 Å². The largest absolute Gasteiger partial charge is 0.388 e. The molecule has 1 aliphatic rings. The van der Waals surface area contributed by atoms with E-state index in [2.05, 4.69) is 27.3 Å². The van der Waals surface area contributed by atoms with Gasteiger partial charge in [-0.15, -0.1) is 5.10 Å². The molecular weight excluding hydrogens is 352 g/mol. The lowest BCUT2D eigenvalue weighted by molar-refractivity contribution is -0.292. The van der Waals surface area contributed by atoms with E-state index in [9.17, 15) is 15.3 Å². The molecule has 0 bridgehead atoms. The standard InChI is InChI=1S/C18H26N4O5/c1-3-21(9-12-7-5-4-6-8-12)14-11-22(20-19-14)10-13-15(23)16(24)17(25)18(26-2)27-13/h4-8,11,13,15-18,23-25H,3,9-10H2,1-2H3/t13-,15+,16+,17-,18-/m1/s1. The molecule has 2 aromatic rings. The zero-order chi connectivity index (χ0) is 19.4. The Morgan fingerprint density at radius 1 is 1.15 bits per heavy atom. The zero-order valence-corrected chi connectivity index (χ0v) is 15.4. The second-order valence-corrected chi connectivity index (χ2v) is 6.55. The van der Waals surface area contributed by atoms with Crippen LogP contribution in [0.1, 0.15) is 12.5 Å². The van der Waals surface area contributed by atoms with E-state index < -0.39 is 30.7 Å². The average molecular weight is 378 g/mol. The highest BCUT2D eigenvalue weighted by Gasteiger charge is 2.44. The molecule has 1 aromatic heterocycles. The van der Waals surface area contributed by atoms with Crippen LogP contribution in [-0.2, 0) is 22.6 Å². The SMILES string of the molecule is CCN(Cc1ccccc1)c1cn(C[C@H]2O[C@@H](OC)[C@H](O)[C@@H](O)[C@H]2O)nn1. The number of hydrogen-bond acceptors (Lipinski definition) is 8. The molecule has 0 spiro atoms. The summed E-state index contributed by atoms with van der Waals surface area (Å²) in [5.41, 5.74) is 1.17. The van der Waals surface area contributed by atoms with Gasteiger partial charge in [0.15, 0.2) is 12.1 Å². The number of hydrogen-bond donors (Lipinski definition) is 3. The molecule has 0 radical (unpaired) electrons. The quantitative estimate of drug-likeness (QED) is 0.605. The minimum Gasteiger partial charge on any atom is -0.388 e. The fourth-order valence-electron chi connectivity index (χ4n) is 3.13. The van der Waals surface area contributed by atoms with Gasteiger partial charge in [0.25, 0.3) is 0 Å². The molecule has 0 amide bonds. The van der Waals surface area contributed by atoms with Crippen molar-refractivity contribution in [3.05, 3.63) is 42.1 Å². The van der Waals surface area contributed by atoms with Gasteiger partial charge in [-0.05, 0) is 12.5 Å². The first-order valence-electron chi connectivity index (χ1n) is 8.95. The monoisotopic (exact) mass is 378 g/mol. The van der Waals surface area contributed by atoms with Gasteiger partial charge in [-0.1, -0.05) is 35.5 Å². The third-order valence-corrected chi connectivity index (χ3v) is 4.72. The second-order valence-electron chi connectivity index (χ2n) is 6.55. The van der Waals surface area contributed by atoms with Gasteiger partial charge in [0.2, 0.25) is 0 Å². The topological polar surface area (TPSA) is 113 Å². The molecule has 27 heavy (non-hydrogen) atoms. The van der Waals surface area contributed by atoms with Crippen molar-refractivity contribution in [3.8, 4) is 0 Å². The highest BCUT2D eigenvalue weighted by molar-refractivity contribution is 5.36. The second kappa shape index (κ2) is 8.77. The van der Waals surface area contributed by atoms with Crippen LogP contribution in [0.5, 0.6) is 0 Å². The molecule has 0 unspecified atom stereocenters. The molecule has 0 saturated carbocycles. The minimum absolute atomic E-state index is 0.167. The number of ether oxygens (including phenoxy) is 2. The molecule has 9 heteroatoms. The van der Waals surface area contributed by atoms with Crippen LogP contribution in [0.3, 0.4) is 0 Å². The van der Waals surface area contributed by atoms with Crippen molar-refractivity contribution >= 4 is 5.82 Å². The molecule has 2 heterocycles. The van der Waals surface area contributed by atoms with Gasteiger partial charge in [0.05, 0.1) is 12.7 Å². The van der Waals surface area contributed by atoms with Gasteiger partial charge in [-0.2, -0.15) is 0 Å². The summed E-state index contributed by atoms with van der Waals surface area (Å²) in [6.07, 6.45) is -3.96. The van der Waals surface area contributed by atoms with Gasteiger partial charge < -0.3 is 29.7 Å². The molecule has 0 aliphatic carbocycles. The molecule has 1 aromatic carbocycles. The fourth-order valence-corrected chi connectivity index (χ4v) is 3.13. The molecule has 5 atom stereocenters. The summed E-state index contributed by atoms with van der Waals surface area (Å²) in [5.74, 6) is 0.704. The van der Waals surface area contributed by atoms with E-state index >= 15 is 0 Å². The number of methoxy groups -OCH3 is 1. The molecule has 9 nitrogen and oxygen atoms in total. The zero-order valence-electron chi connectivity index (χ0n) is 15.4. The number of benzene rings is 1. The van der Waals surface area contributed by atoms with E-state index in [-0.39, 0.29) is 6.54 Å². The van der Waals surface area contributed by atoms with Crippen molar-refractivity contribution < 1.29 is 24.8 Å². The summed E-state index contributed by atoms with van der Waals surface area (Å²) < 4.78 is 12.1. The predicted molar refractivity (Wildman–Crippen MR) is 96.9 cm³/mol. The van der Waals surface area contributed by atoms with Gasteiger partial charge in [0, 0.05) is 20.2 Å². The molecule has 1 saturated heterocycles. The van der Waals surface area contributed by atoms with Gasteiger partial charge in [-0.25, -0.2) is 4.68 Å². The Bertz CT molecular complexity index is 711. The number of anilines is 1. The minimum atomic E-state index is -1.36. The first kappa shape index (κ1) is 19.7. The summed E-state index contributed by atoms with van der Waals surface area (Å²) in [7, 11) is 1.37. The Morgan fingerprint density at radius 3 is 2.56 bits per heavy atom. The third kappa shape index (κ3) is 4.45. The Labute approximate surface area is 157 Å². The van der Waals surface area contributed by atoms with E-state index in [1.807, 2.05) is 25.1 Å². The first-order valence-corrected chi connectivity index (χ1v) is 8.95. The van der Waals surface area contributed by atoms with E-state index in [1.54, 1.807) is 10.9 Å². The van der Waals surface area contributed by atoms with E-state index in [0.717, 1.165) is 6.54 Å². The third-order valence-electron chi connectivity index (χ3n) is 4.72. The van der Waals surface area contributed by atoms with Crippen LogP contribution in [-0.4, -0.2) is 74.7 Å². The lowest BCUT2D eigenvalue weighted by Gasteiger charge is -2.39. The summed E-state index contributed by atoms with van der Waals surface area (Å²) in [4.78, 5) is 2.08. The maximum atomic E-state index is 10.2. The lowest BCUT2D eigenvalue weighted by atomic mass is 9.99. The molecule has 3 rings (SSSR count). The molecule has 1 aliphatic heterocycles.